The summed E-state index contributed by atoms with van der Waals surface area (Å²) in [7, 11) is 0. The average Bonchev–Trinajstić information content (AvgIpc) is 2.69. The molecule has 0 amide bonds. The number of nitrogens with one attached hydrogen (secondary N) is 1. The fourth-order valence-corrected chi connectivity index (χ4v) is 1.84. The zero-order valence-corrected chi connectivity index (χ0v) is 11.8. The molecule has 1 aromatic heterocycles. The Hall–Kier alpha value is -0.800. The van der Waals surface area contributed by atoms with Crippen LogP contribution in [-0.2, 0) is 13.1 Å². The molecule has 0 unspecified atom stereocenters. The van der Waals surface area contributed by atoms with Crippen molar-refractivity contribution in [1.29, 1.82) is 0 Å². The van der Waals surface area contributed by atoms with Gasteiger partial charge in [0.2, 0.25) is 0 Å². The summed E-state index contributed by atoms with van der Waals surface area (Å²) in [6.45, 7) is 13.8. The molecule has 0 saturated heterocycles. The van der Waals surface area contributed by atoms with Gasteiger partial charge in [0.05, 0.1) is 12.8 Å². The van der Waals surface area contributed by atoms with Crippen LogP contribution in [0.1, 0.15) is 45.9 Å². The highest BCUT2D eigenvalue weighted by molar-refractivity contribution is 5.17. The van der Waals surface area contributed by atoms with Gasteiger partial charge in [-0.2, -0.15) is 0 Å². The lowest BCUT2D eigenvalue weighted by atomic mass is 10.2. The molecular weight excluding hydrogens is 212 g/mol. The predicted octanol–water partition coefficient (Wildman–Crippen LogP) is 3.01. The van der Waals surface area contributed by atoms with Crippen LogP contribution in [0.15, 0.2) is 16.7 Å². The molecule has 3 heteroatoms. The molecule has 0 radical (unpaired) electrons. The zero-order chi connectivity index (χ0) is 12.8. The van der Waals surface area contributed by atoms with Crippen molar-refractivity contribution >= 4 is 0 Å². The van der Waals surface area contributed by atoms with Crippen molar-refractivity contribution in [3.05, 3.63) is 23.7 Å². The maximum atomic E-state index is 5.55. The lowest BCUT2D eigenvalue weighted by molar-refractivity contribution is 0.223. The van der Waals surface area contributed by atoms with E-state index in [4.69, 9.17) is 4.42 Å². The van der Waals surface area contributed by atoms with E-state index in [0.717, 1.165) is 25.4 Å². The molecular formula is C14H26N2O. The molecule has 0 atom stereocenters. The molecule has 0 aliphatic heterocycles. The Kier molecular flexibility index (Phi) is 5.72. The third-order valence-corrected chi connectivity index (χ3v) is 3.02. The van der Waals surface area contributed by atoms with Gasteiger partial charge in [-0.1, -0.05) is 20.8 Å². The number of rotatable bonds is 7. The summed E-state index contributed by atoms with van der Waals surface area (Å²) in [5, 5.41) is 3.40. The third kappa shape index (κ3) is 4.52. The van der Waals surface area contributed by atoms with Crippen LogP contribution < -0.4 is 5.32 Å². The van der Waals surface area contributed by atoms with Crippen molar-refractivity contribution in [3.8, 4) is 0 Å². The zero-order valence-electron chi connectivity index (χ0n) is 11.8. The van der Waals surface area contributed by atoms with E-state index in [0.29, 0.717) is 12.1 Å². The van der Waals surface area contributed by atoms with E-state index < -0.39 is 0 Å². The Bertz CT molecular complexity index is 318. The Morgan fingerprint density at radius 1 is 1.29 bits per heavy atom. The Balaban J connectivity index is 2.61. The normalized spacial score (nSPS) is 12.0. The molecule has 0 bridgehead atoms. The summed E-state index contributed by atoms with van der Waals surface area (Å²) in [6.07, 6.45) is 1.79. The van der Waals surface area contributed by atoms with Crippen molar-refractivity contribution in [1.82, 2.24) is 10.2 Å². The van der Waals surface area contributed by atoms with Crippen LogP contribution in [0.4, 0.5) is 0 Å². The molecule has 1 heterocycles. The molecule has 17 heavy (non-hydrogen) atoms. The van der Waals surface area contributed by atoms with E-state index in [2.05, 4.69) is 50.9 Å². The lowest BCUT2D eigenvalue weighted by Crippen LogP contribution is -2.30. The minimum atomic E-state index is 0.486. The fourth-order valence-electron chi connectivity index (χ4n) is 1.84. The minimum Gasteiger partial charge on any atom is -0.468 e. The molecule has 0 aliphatic carbocycles. The second-order valence-electron chi connectivity index (χ2n) is 5.06. The SMILES string of the molecule is CCN(Cc1ccoc1CNC(C)C)C(C)C. The first-order chi connectivity index (χ1) is 8.04. The predicted molar refractivity (Wildman–Crippen MR) is 71.9 cm³/mol. The largest absolute Gasteiger partial charge is 0.468 e. The van der Waals surface area contributed by atoms with E-state index in [1.54, 1.807) is 6.26 Å². The van der Waals surface area contributed by atoms with Crippen molar-refractivity contribution in [2.75, 3.05) is 6.54 Å². The number of furan rings is 1. The monoisotopic (exact) mass is 238 g/mol. The van der Waals surface area contributed by atoms with Gasteiger partial charge in [-0.3, -0.25) is 4.90 Å². The standard InChI is InChI=1S/C14H26N2O/c1-6-16(12(4)5)10-13-7-8-17-14(13)9-15-11(2)3/h7-8,11-12,15H,6,9-10H2,1-5H3. The summed E-state index contributed by atoms with van der Waals surface area (Å²) in [5.74, 6) is 1.07. The molecule has 0 saturated carbocycles. The van der Waals surface area contributed by atoms with Gasteiger partial charge in [0.25, 0.3) is 0 Å². The minimum absolute atomic E-state index is 0.486. The number of hydrogen-bond donors (Lipinski definition) is 1. The highest BCUT2D eigenvalue weighted by Gasteiger charge is 2.12. The first-order valence-corrected chi connectivity index (χ1v) is 6.57. The van der Waals surface area contributed by atoms with Crippen LogP contribution in [0, 0.1) is 0 Å². The van der Waals surface area contributed by atoms with E-state index >= 15 is 0 Å². The summed E-state index contributed by atoms with van der Waals surface area (Å²) in [6, 6.07) is 3.14. The van der Waals surface area contributed by atoms with Gasteiger partial charge in [-0.25, -0.2) is 0 Å². The summed E-state index contributed by atoms with van der Waals surface area (Å²) in [4.78, 5) is 2.43. The maximum Gasteiger partial charge on any atom is 0.122 e. The van der Waals surface area contributed by atoms with Gasteiger partial charge in [0, 0.05) is 24.2 Å². The van der Waals surface area contributed by atoms with E-state index in [1.165, 1.54) is 5.56 Å². The molecule has 98 valence electrons. The topological polar surface area (TPSA) is 28.4 Å². The first-order valence-electron chi connectivity index (χ1n) is 6.57. The van der Waals surface area contributed by atoms with Crippen molar-refractivity contribution in [3.63, 3.8) is 0 Å². The quantitative estimate of drug-likeness (QED) is 0.791. The van der Waals surface area contributed by atoms with Gasteiger partial charge in [0.1, 0.15) is 5.76 Å². The van der Waals surface area contributed by atoms with Crippen LogP contribution in [0.3, 0.4) is 0 Å². The Labute approximate surface area is 105 Å². The lowest BCUT2D eigenvalue weighted by Gasteiger charge is -2.24. The third-order valence-electron chi connectivity index (χ3n) is 3.02. The van der Waals surface area contributed by atoms with Gasteiger partial charge in [-0.15, -0.1) is 0 Å². The Morgan fingerprint density at radius 2 is 2.00 bits per heavy atom. The Morgan fingerprint density at radius 3 is 2.53 bits per heavy atom. The van der Waals surface area contributed by atoms with Crippen LogP contribution in [0.5, 0.6) is 0 Å². The highest BCUT2D eigenvalue weighted by Crippen LogP contribution is 2.15. The molecule has 1 aromatic rings. The van der Waals surface area contributed by atoms with E-state index in [1.807, 2.05) is 0 Å². The van der Waals surface area contributed by atoms with Crippen molar-refractivity contribution < 1.29 is 4.42 Å². The molecule has 0 aromatic carbocycles. The van der Waals surface area contributed by atoms with E-state index in [-0.39, 0.29) is 0 Å². The second-order valence-corrected chi connectivity index (χ2v) is 5.06. The average molecular weight is 238 g/mol. The van der Waals surface area contributed by atoms with E-state index in [9.17, 15) is 0 Å². The molecule has 1 N–H and O–H groups in total. The van der Waals surface area contributed by atoms with Gasteiger partial charge >= 0.3 is 0 Å². The van der Waals surface area contributed by atoms with Crippen LogP contribution in [0.2, 0.25) is 0 Å². The molecule has 0 spiro atoms. The van der Waals surface area contributed by atoms with Crippen LogP contribution in [0.25, 0.3) is 0 Å². The summed E-state index contributed by atoms with van der Waals surface area (Å²) >= 11 is 0. The van der Waals surface area contributed by atoms with Gasteiger partial charge < -0.3 is 9.73 Å². The first kappa shape index (κ1) is 14.3. The second kappa shape index (κ2) is 6.82. The van der Waals surface area contributed by atoms with Crippen molar-refractivity contribution in [2.24, 2.45) is 0 Å². The maximum absolute atomic E-state index is 5.55. The number of nitrogens with zero attached hydrogens (tertiary/aromatic N) is 1. The summed E-state index contributed by atoms with van der Waals surface area (Å²) < 4.78 is 5.55. The van der Waals surface area contributed by atoms with Gasteiger partial charge in [-0.05, 0) is 26.5 Å². The fraction of sp³-hybridized carbons (Fsp3) is 0.714. The molecule has 1 rings (SSSR count). The molecule has 0 aliphatic rings. The van der Waals surface area contributed by atoms with Crippen LogP contribution >= 0.6 is 0 Å². The van der Waals surface area contributed by atoms with Gasteiger partial charge in [0.15, 0.2) is 0 Å². The smallest absolute Gasteiger partial charge is 0.122 e. The summed E-state index contributed by atoms with van der Waals surface area (Å²) in [5.41, 5.74) is 1.30. The van der Waals surface area contributed by atoms with Crippen LogP contribution in [-0.4, -0.2) is 23.5 Å². The van der Waals surface area contributed by atoms with Crippen molar-refractivity contribution in [2.45, 2.75) is 59.8 Å². The molecule has 3 nitrogen and oxygen atoms in total. The highest BCUT2D eigenvalue weighted by atomic mass is 16.3. The molecule has 0 fully saturated rings. The number of hydrogen-bond acceptors (Lipinski definition) is 3.